The lowest BCUT2D eigenvalue weighted by Gasteiger charge is -2.33. The second-order valence-corrected chi connectivity index (χ2v) is 13.1. The Morgan fingerprint density at radius 1 is 0.857 bits per heavy atom. The van der Waals surface area contributed by atoms with E-state index < -0.39 is 48.2 Å². The minimum absolute atomic E-state index is 0.0961. The van der Waals surface area contributed by atoms with Gasteiger partial charge < -0.3 is 30.5 Å². The standard InChI is InChI=1S/C35H48N6O7S/c1-7-48-35(46)39-31(23(4)5)33(44)40-41(19-25-13-15-26(16-14-25)29-18-36-21-49-29)20-28(42)27(17-24-11-9-8-10-12-24)37-32(43)30(22(2)3)38-34(45)47-6/h8-16,18,21-23,27-28,30-31,42H,7,17,19-20H2,1-6H3,(H,37,43)(H,38,45)(H,39,46)(H,40,44)/t27-,28-,30-,31-/m0/s1. The third-order valence-electron chi connectivity index (χ3n) is 7.72. The van der Waals surface area contributed by atoms with Gasteiger partial charge in [0.1, 0.15) is 12.1 Å². The number of hydrazine groups is 1. The Kier molecular flexibility index (Phi) is 15.5. The maximum Gasteiger partial charge on any atom is 0.407 e. The average molecular weight is 697 g/mol. The number of nitrogens with zero attached hydrogens (tertiary/aromatic N) is 2. The van der Waals surface area contributed by atoms with Crippen LogP contribution in [0.2, 0.25) is 0 Å². The molecule has 0 radical (unpaired) electrons. The molecule has 3 rings (SSSR count). The molecular weight excluding hydrogens is 648 g/mol. The van der Waals surface area contributed by atoms with Crippen molar-refractivity contribution < 1.29 is 33.8 Å². The number of nitrogens with one attached hydrogen (secondary N) is 4. The van der Waals surface area contributed by atoms with Crippen molar-refractivity contribution in [3.05, 3.63) is 77.4 Å². The van der Waals surface area contributed by atoms with E-state index in [-0.39, 0.29) is 38.0 Å². The van der Waals surface area contributed by atoms with Gasteiger partial charge in [0.15, 0.2) is 0 Å². The largest absolute Gasteiger partial charge is 0.453 e. The van der Waals surface area contributed by atoms with Crippen LogP contribution < -0.4 is 21.4 Å². The molecule has 4 amide bonds. The Balaban J connectivity index is 1.90. The molecule has 14 heteroatoms. The topological polar surface area (TPSA) is 171 Å². The van der Waals surface area contributed by atoms with Crippen molar-refractivity contribution in [1.29, 1.82) is 0 Å². The molecule has 3 aromatic rings. The highest BCUT2D eigenvalue weighted by atomic mass is 32.1. The second-order valence-electron chi connectivity index (χ2n) is 12.2. The maximum atomic E-state index is 13.6. The molecule has 266 valence electrons. The lowest BCUT2D eigenvalue weighted by molar-refractivity contribution is -0.131. The Hall–Kier alpha value is -4.53. The van der Waals surface area contributed by atoms with Crippen LogP contribution in [0.15, 0.2) is 66.3 Å². The van der Waals surface area contributed by atoms with Crippen LogP contribution in [0.25, 0.3) is 10.4 Å². The first-order chi connectivity index (χ1) is 23.4. The molecule has 0 aliphatic rings. The molecule has 0 fully saturated rings. The van der Waals surface area contributed by atoms with Crippen molar-refractivity contribution in [2.45, 2.75) is 71.8 Å². The minimum Gasteiger partial charge on any atom is -0.453 e. The number of aromatic nitrogens is 1. The molecule has 4 atom stereocenters. The third kappa shape index (κ3) is 12.5. The number of methoxy groups -OCH3 is 1. The van der Waals surface area contributed by atoms with Crippen LogP contribution in [0.3, 0.4) is 0 Å². The summed E-state index contributed by atoms with van der Waals surface area (Å²) < 4.78 is 9.72. The Labute approximate surface area is 291 Å². The van der Waals surface area contributed by atoms with Gasteiger partial charge >= 0.3 is 12.2 Å². The van der Waals surface area contributed by atoms with Gasteiger partial charge in [0.2, 0.25) is 5.91 Å². The van der Waals surface area contributed by atoms with E-state index in [1.165, 1.54) is 18.4 Å². The number of rotatable bonds is 17. The second kappa shape index (κ2) is 19.5. The summed E-state index contributed by atoms with van der Waals surface area (Å²) in [6.45, 7) is 9.09. The van der Waals surface area contributed by atoms with Gasteiger partial charge in [-0.25, -0.2) is 14.6 Å². The lowest BCUT2D eigenvalue weighted by Crippen LogP contribution is -2.59. The van der Waals surface area contributed by atoms with Gasteiger partial charge in [-0.3, -0.25) is 20.0 Å². The average Bonchev–Trinajstić information content (AvgIpc) is 3.61. The molecule has 49 heavy (non-hydrogen) atoms. The molecule has 0 saturated carbocycles. The van der Waals surface area contributed by atoms with E-state index in [9.17, 15) is 24.3 Å². The zero-order valence-corrected chi connectivity index (χ0v) is 29.7. The van der Waals surface area contributed by atoms with Gasteiger partial charge in [0.25, 0.3) is 5.91 Å². The number of benzene rings is 2. The van der Waals surface area contributed by atoms with Crippen molar-refractivity contribution >= 4 is 35.3 Å². The molecule has 0 spiro atoms. The van der Waals surface area contributed by atoms with E-state index >= 15 is 0 Å². The van der Waals surface area contributed by atoms with E-state index in [2.05, 4.69) is 26.4 Å². The van der Waals surface area contributed by atoms with Crippen molar-refractivity contribution in [2.75, 3.05) is 20.3 Å². The predicted octanol–water partition coefficient (Wildman–Crippen LogP) is 3.88. The quantitative estimate of drug-likeness (QED) is 0.131. The summed E-state index contributed by atoms with van der Waals surface area (Å²) in [4.78, 5) is 56.6. The zero-order chi connectivity index (χ0) is 35.9. The minimum atomic E-state index is -1.19. The summed E-state index contributed by atoms with van der Waals surface area (Å²) in [6, 6.07) is 14.5. The number of thiazole rings is 1. The zero-order valence-electron chi connectivity index (χ0n) is 28.8. The summed E-state index contributed by atoms with van der Waals surface area (Å²) >= 11 is 1.52. The molecule has 0 aliphatic heterocycles. The Morgan fingerprint density at radius 3 is 2.06 bits per heavy atom. The van der Waals surface area contributed by atoms with Gasteiger partial charge in [0.05, 0.1) is 36.3 Å². The van der Waals surface area contributed by atoms with Crippen molar-refractivity contribution in [2.24, 2.45) is 11.8 Å². The van der Waals surface area contributed by atoms with Gasteiger partial charge in [-0.2, -0.15) is 0 Å². The first kappa shape index (κ1) is 38.9. The van der Waals surface area contributed by atoms with Gasteiger partial charge in [-0.1, -0.05) is 82.3 Å². The number of ether oxygens (including phenoxy) is 2. The van der Waals surface area contributed by atoms with E-state index in [1.807, 2.05) is 54.6 Å². The smallest absolute Gasteiger partial charge is 0.407 e. The number of amides is 4. The number of carbonyl (C=O) groups is 4. The highest BCUT2D eigenvalue weighted by Crippen LogP contribution is 2.23. The third-order valence-corrected chi connectivity index (χ3v) is 8.54. The predicted molar refractivity (Wildman–Crippen MR) is 187 cm³/mol. The van der Waals surface area contributed by atoms with Crippen molar-refractivity contribution in [3.8, 4) is 10.4 Å². The van der Waals surface area contributed by atoms with Crippen LogP contribution in [-0.4, -0.2) is 83.6 Å². The highest BCUT2D eigenvalue weighted by Gasteiger charge is 2.32. The first-order valence-electron chi connectivity index (χ1n) is 16.2. The molecule has 1 aromatic heterocycles. The fourth-order valence-electron chi connectivity index (χ4n) is 5.06. The summed E-state index contributed by atoms with van der Waals surface area (Å²) in [7, 11) is 1.22. The molecule has 1 heterocycles. The molecule has 0 aliphatic carbocycles. The van der Waals surface area contributed by atoms with E-state index in [0.29, 0.717) is 0 Å². The lowest BCUT2D eigenvalue weighted by atomic mass is 9.98. The fourth-order valence-corrected chi connectivity index (χ4v) is 5.69. The van der Waals surface area contributed by atoms with Crippen LogP contribution in [-0.2, 0) is 32.0 Å². The van der Waals surface area contributed by atoms with Gasteiger partial charge in [-0.15, -0.1) is 11.3 Å². The monoisotopic (exact) mass is 696 g/mol. The first-order valence-corrected chi connectivity index (χ1v) is 17.1. The Bertz CT molecular complexity index is 1470. The van der Waals surface area contributed by atoms with E-state index in [4.69, 9.17) is 9.47 Å². The van der Waals surface area contributed by atoms with Gasteiger partial charge in [0, 0.05) is 19.3 Å². The highest BCUT2D eigenvalue weighted by molar-refractivity contribution is 7.13. The molecule has 0 saturated heterocycles. The number of alkyl carbamates (subject to hydrolysis) is 2. The molecule has 0 unspecified atom stereocenters. The summed E-state index contributed by atoms with van der Waals surface area (Å²) in [5.41, 5.74) is 7.34. The van der Waals surface area contributed by atoms with Crippen LogP contribution in [0, 0.1) is 11.8 Å². The number of hydrogen-bond acceptors (Lipinski definition) is 10. The van der Waals surface area contributed by atoms with E-state index in [1.54, 1.807) is 51.3 Å². The number of aliphatic hydroxyl groups excluding tert-OH is 1. The van der Waals surface area contributed by atoms with Crippen LogP contribution in [0.5, 0.6) is 0 Å². The fraction of sp³-hybridized carbons (Fsp3) is 0.457. The summed E-state index contributed by atoms with van der Waals surface area (Å²) in [5, 5.41) is 21.4. The molecule has 0 bridgehead atoms. The molecular formula is C35H48N6O7S. The van der Waals surface area contributed by atoms with Crippen molar-refractivity contribution in [3.63, 3.8) is 0 Å². The SMILES string of the molecule is CCOC(=O)N[C@H](C(=O)NN(Cc1ccc(-c2cncs2)cc1)C[C@H](O)[C@H](Cc1ccccc1)NC(=O)[C@@H](NC(=O)OC)C(C)C)C(C)C. The van der Waals surface area contributed by atoms with Crippen LogP contribution in [0.4, 0.5) is 9.59 Å². The maximum absolute atomic E-state index is 13.6. The Morgan fingerprint density at radius 2 is 1.49 bits per heavy atom. The van der Waals surface area contributed by atoms with Crippen LogP contribution in [0.1, 0.15) is 45.7 Å². The number of aliphatic hydroxyl groups is 1. The summed E-state index contributed by atoms with van der Waals surface area (Å²) in [6.07, 6.45) is -0.604. The summed E-state index contributed by atoms with van der Waals surface area (Å²) in [5.74, 6) is -1.55. The number of hydrogen-bond donors (Lipinski definition) is 5. The number of carbonyl (C=O) groups excluding carboxylic acids is 4. The molecule has 2 aromatic carbocycles. The molecule has 13 nitrogen and oxygen atoms in total. The normalized spacial score (nSPS) is 13.7. The van der Waals surface area contributed by atoms with Gasteiger partial charge in [-0.05, 0) is 41.9 Å². The van der Waals surface area contributed by atoms with Crippen molar-refractivity contribution in [1.82, 2.24) is 31.4 Å². The van der Waals surface area contributed by atoms with Crippen LogP contribution >= 0.6 is 11.3 Å². The van der Waals surface area contributed by atoms with E-state index in [0.717, 1.165) is 21.6 Å². The molecule has 5 N–H and O–H groups in total.